The number of aromatic amines is 1. The van der Waals surface area contributed by atoms with Gasteiger partial charge >= 0.3 is 5.97 Å². The van der Waals surface area contributed by atoms with Crippen LogP contribution in [0.15, 0.2) is 16.9 Å². The van der Waals surface area contributed by atoms with Crippen LogP contribution in [0.2, 0.25) is 0 Å². The van der Waals surface area contributed by atoms with Gasteiger partial charge in [0.1, 0.15) is 0 Å². The predicted molar refractivity (Wildman–Crippen MR) is 49.0 cm³/mol. The summed E-state index contributed by atoms with van der Waals surface area (Å²) in [5.74, 6) is -1.08. The molecule has 0 saturated heterocycles. The van der Waals surface area contributed by atoms with Crippen LogP contribution < -0.4 is 0 Å². The van der Waals surface area contributed by atoms with Gasteiger partial charge < -0.3 is 10.1 Å². The van der Waals surface area contributed by atoms with Crippen molar-refractivity contribution in [3.8, 4) is 0 Å². The van der Waals surface area contributed by atoms with Crippen LogP contribution in [0.4, 0.5) is 0 Å². The SMILES string of the molecule is CC(Cc1c[nH]c(Br)c1)C(=O)O. The predicted octanol–water partition coefficient (Wildman–Crippen LogP) is 2.04. The van der Waals surface area contributed by atoms with E-state index in [1.165, 1.54) is 0 Å². The van der Waals surface area contributed by atoms with Gasteiger partial charge in [0.15, 0.2) is 0 Å². The number of rotatable bonds is 3. The lowest BCUT2D eigenvalue weighted by Gasteiger charge is -2.02. The van der Waals surface area contributed by atoms with Crippen LogP contribution in [-0.4, -0.2) is 16.1 Å². The van der Waals surface area contributed by atoms with Crippen molar-refractivity contribution in [3.05, 3.63) is 22.4 Å². The number of hydrogen-bond donors (Lipinski definition) is 2. The Bertz CT molecular complexity index is 282. The van der Waals surface area contributed by atoms with Gasteiger partial charge in [0.2, 0.25) is 0 Å². The fourth-order valence-corrected chi connectivity index (χ4v) is 1.37. The molecule has 0 aliphatic rings. The first-order valence-electron chi connectivity index (χ1n) is 3.65. The molecule has 1 aromatic heterocycles. The molecule has 1 atom stereocenters. The average Bonchev–Trinajstić information content (AvgIpc) is 2.35. The molecule has 1 heterocycles. The fraction of sp³-hybridized carbons (Fsp3) is 0.375. The molecule has 0 aliphatic carbocycles. The lowest BCUT2D eigenvalue weighted by atomic mass is 10.0. The van der Waals surface area contributed by atoms with Crippen LogP contribution in [0.5, 0.6) is 0 Å². The van der Waals surface area contributed by atoms with E-state index in [1.54, 1.807) is 6.92 Å². The summed E-state index contributed by atoms with van der Waals surface area (Å²) >= 11 is 3.26. The maximum atomic E-state index is 10.5. The normalized spacial score (nSPS) is 12.8. The highest BCUT2D eigenvalue weighted by Crippen LogP contribution is 2.13. The molecule has 12 heavy (non-hydrogen) atoms. The van der Waals surface area contributed by atoms with E-state index >= 15 is 0 Å². The second-order valence-electron chi connectivity index (χ2n) is 2.80. The molecule has 1 unspecified atom stereocenters. The number of aliphatic carboxylic acids is 1. The molecule has 0 radical (unpaired) electrons. The van der Waals surface area contributed by atoms with Crippen LogP contribution in [0, 0.1) is 5.92 Å². The van der Waals surface area contributed by atoms with Gasteiger partial charge in [0.05, 0.1) is 10.5 Å². The Morgan fingerprint density at radius 1 is 1.83 bits per heavy atom. The Morgan fingerprint density at radius 2 is 2.50 bits per heavy atom. The first-order valence-corrected chi connectivity index (χ1v) is 4.44. The Hall–Kier alpha value is -0.770. The number of hydrogen-bond acceptors (Lipinski definition) is 1. The summed E-state index contributed by atoms with van der Waals surface area (Å²) < 4.78 is 0.884. The van der Waals surface area contributed by atoms with Crippen LogP contribution in [-0.2, 0) is 11.2 Å². The molecule has 1 aromatic rings. The Kier molecular flexibility index (Phi) is 2.92. The smallest absolute Gasteiger partial charge is 0.306 e. The van der Waals surface area contributed by atoms with Crippen molar-refractivity contribution in [2.24, 2.45) is 5.92 Å². The van der Waals surface area contributed by atoms with Crippen LogP contribution >= 0.6 is 15.9 Å². The molecule has 2 N–H and O–H groups in total. The third kappa shape index (κ3) is 2.37. The molecule has 0 aromatic carbocycles. The minimum absolute atomic E-state index is 0.326. The quantitative estimate of drug-likeness (QED) is 0.837. The van der Waals surface area contributed by atoms with Gasteiger partial charge in [-0.05, 0) is 34.0 Å². The maximum Gasteiger partial charge on any atom is 0.306 e. The summed E-state index contributed by atoms with van der Waals surface area (Å²) in [5, 5.41) is 8.63. The summed E-state index contributed by atoms with van der Waals surface area (Å²) in [7, 11) is 0. The first kappa shape index (κ1) is 9.32. The van der Waals surface area contributed by atoms with Gasteiger partial charge in [0, 0.05) is 6.20 Å². The molecular formula is C8H10BrNO2. The van der Waals surface area contributed by atoms with Crippen molar-refractivity contribution in [3.63, 3.8) is 0 Å². The third-order valence-corrected chi connectivity index (χ3v) is 2.13. The van der Waals surface area contributed by atoms with E-state index in [2.05, 4.69) is 20.9 Å². The van der Waals surface area contributed by atoms with E-state index in [4.69, 9.17) is 5.11 Å². The van der Waals surface area contributed by atoms with Gasteiger partial charge in [-0.25, -0.2) is 0 Å². The molecular weight excluding hydrogens is 222 g/mol. The van der Waals surface area contributed by atoms with Crippen molar-refractivity contribution in [2.45, 2.75) is 13.3 Å². The topological polar surface area (TPSA) is 53.1 Å². The average molecular weight is 232 g/mol. The standard InChI is InChI=1S/C8H10BrNO2/c1-5(8(11)12)2-6-3-7(9)10-4-6/h3-5,10H,2H2,1H3,(H,11,12). The third-order valence-electron chi connectivity index (χ3n) is 1.67. The highest BCUT2D eigenvalue weighted by Gasteiger charge is 2.11. The molecule has 66 valence electrons. The van der Waals surface area contributed by atoms with Crippen molar-refractivity contribution in [1.29, 1.82) is 0 Å². The Morgan fingerprint density at radius 3 is 2.92 bits per heavy atom. The molecule has 0 spiro atoms. The van der Waals surface area contributed by atoms with Crippen molar-refractivity contribution >= 4 is 21.9 Å². The zero-order valence-corrected chi connectivity index (χ0v) is 8.26. The molecule has 0 aliphatic heterocycles. The van der Waals surface area contributed by atoms with Crippen LogP contribution in [0.3, 0.4) is 0 Å². The van der Waals surface area contributed by atoms with Crippen LogP contribution in [0.25, 0.3) is 0 Å². The van der Waals surface area contributed by atoms with E-state index in [9.17, 15) is 4.79 Å². The molecule has 4 heteroatoms. The molecule has 0 saturated carbocycles. The monoisotopic (exact) mass is 231 g/mol. The van der Waals surface area contributed by atoms with Crippen LogP contribution in [0.1, 0.15) is 12.5 Å². The number of halogens is 1. The summed E-state index contributed by atoms with van der Waals surface area (Å²) in [4.78, 5) is 13.4. The van der Waals surface area contributed by atoms with Gasteiger partial charge in [-0.3, -0.25) is 4.79 Å². The lowest BCUT2D eigenvalue weighted by molar-refractivity contribution is -0.141. The first-order chi connectivity index (χ1) is 5.59. The van der Waals surface area contributed by atoms with E-state index in [0.717, 1.165) is 10.2 Å². The molecule has 1 rings (SSSR count). The minimum atomic E-state index is -0.757. The molecule has 3 nitrogen and oxygen atoms in total. The van der Waals surface area contributed by atoms with E-state index in [1.807, 2.05) is 12.3 Å². The van der Waals surface area contributed by atoms with E-state index < -0.39 is 5.97 Å². The zero-order chi connectivity index (χ0) is 9.14. The van der Waals surface area contributed by atoms with Gasteiger partial charge in [-0.1, -0.05) is 6.92 Å². The summed E-state index contributed by atoms with van der Waals surface area (Å²) in [6, 6.07) is 1.89. The summed E-state index contributed by atoms with van der Waals surface area (Å²) in [6.45, 7) is 1.70. The van der Waals surface area contributed by atoms with Gasteiger partial charge in [0.25, 0.3) is 0 Å². The van der Waals surface area contributed by atoms with Gasteiger partial charge in [-0.15, -0.1) is 0 Å². The fourth-order valence-electron chi connectivity index (χ4n) is 0.966. The van der Waals surface area contributed by atoms with Crippen molar-refractivity contribution in [1.82, 2.24) is 4.98 Å². The Balaban J connectivity index is 2.58. The van der Waals surface area contributed by atoms with Crippen molar-refractivity contribution < 1.29 is 9.90 Å². The highest BCUT2D eigenvalue weighted by molar-refractivity contribution is 9.10. The van der Waals surface area contributed by atoms with Gasteiger partial charge in [-0.2, -0.15) is 0 Å². The largest absolute Gasteiger partial charge is 0.481 e. The molecule has 0 bridgehead atoms. The van der Waals surface area contributed by atoms with Crippen molar-refractivity contribution in [2.75, 3.05) is 0 Å². The number of nitrogens with one attached hydrogen (secondary N) is 1. The van der Waals surface area contributed by atoms with E-state index in [0.29, 0.717) is 6.42 Å². The number of H-pyrrole nitrogens is 1. The second kappa shape index (κ2) is 3.76. The second-order valence-corrected chi connectivity index (χ2v) is 3.65. The Labute approximate surface area is 78.9 Å². The number of carboxylic acid groups (broad SMARTS) is 1. The number of aromatic nitrogens is 1. The zero-order valence-electron chi connectivity index (χ0n) is 6.67. The maximum absolute atomic E-state index is 10.5. The summed E-state index contributed by atoms with van der Waals surface area (Å²) in [6.07, 6.45) is 2.38. The lowest BCUT2D eigenvalue weighted by Crippen LogP contribution is -2.11. The molecule has 0 fully saturated rings. The number of carbonyl (C=O) groups is 1. The number of carboxylic acids is 1. The van der Waals surface area contributed by atoms with E-state index in [-0.39, 0.29) is 5.92 Å². The molecule has 0 amide bonds. The minimum Gasteiger partial charge on any atom is -0.481 e. The summed E-state index contributed by atoms with van der Waals surface area (Å²) in [5.41, 5.74) is 1.01. The highest BCUT2D eigenvalue weighted by atomic mass is 79.9.